The number of nitrogens with zero attached hydrogens (tertiary/aromatic N) is 3. The van der Waals surface area contributed by atoms with Gasteiger partial charge in [0.05, 0.1) is 17.4 Å². The molecule has 0 radical (unpaired) electrons. The van der Waals surface area contributed by atoms with Gasteiger partial charge >= 0.3 is 0 Å². The second-order valence-electron chi connectivity index (χ2n) is 7.44. The van der Waals surface area contributed by atoms with Crippen LogP contribution in [0.4, 0.5) is 5.69 Å². The van der Waals surface area contributed by atoms with Crippen molar-refractivity contribution in [2.45, 2.75) is 39.5 Å². The number of carboxylic acid groups (broad SMARTS) is 1. The Labute approximate surface area is 169 Å². The van der Waals surface area contributed by atoms with Crippen LogP contribution in [0.15, 0.2) is 30.6 Å². The molecule has 1 amide bonds. The van der Waals surface area contributed by atoms with Crippen LogP contribution < -0.4 is 5.32 Å². The Kier molecular flexibility index (Phi) is 6.26. The number of amides is 1. The number of hydrogen-bond acceptors (Lipinski definition) is 4. The number of anilines is 1. The van der Waals surface area contributed by atoms with Crippen molar-refractivity contribution in [2.24, 2.45) is 13.0 Å². The summed E-state index contributed by atoms with van der Waals surface area (Å²) >= 11 is 0. The molecule has 1 aromatic carbocycles. The van der Waals surface area contributed by atoms with Gasteiger partial charge in [0, 0.05) is 35.8 Å². The van der Waals surface area contributed by atoms with Gasteiger partial charge in [0.15, 0.2) is 0 Å². The van der Waals surface area contributed by atoms with Crippen LogP contribution in [0, 0.1) is 19.8 Å². The van der Waals surface area contributed by atoms with E-state index in [9.17, 15) is 4.79 Å². The van der Waals surface area contributed by atoms with Gasteiger partial charge in [-0.2, -0.15) is 5.10 Å². The maximum absolute atomic E-state index is 12.5. The summed E-state index contributed by atoms with van der Waals surface area (Å²) < 4.78 is 1.78. The number of carbonyl (C=O) groups is 2. The van der Waals surface area contributed by atoms with Crippen molar-refractivity contribution in [3.63, 3.8) is 0 Å². The Morgan fingerprint density at radius 1 is 1.28 bits per heavy atom. The third-order valence-electron chi connectivity index (χ3n) is 5.43. The summed E-state index contributed by atoms with van der Waals surface area (Å²) in [6.45, 7) is 3.88. The normalized spacial score (nSPS) is 13.8. The SMILES string of the molecule is Cc1cc(-c2cnn(C)c2)nc2c(C)c(NC(=O)C3CCCC3)ccc12.O=CO. The number of rotatable bonds is 3. The zero-order valence-corrected chi connectivity index (χ0v) is 17.0. The molecule has 0 spiro atoms. The van der Waals surface area contributed by atoms with Crippen molar-refractivity contribution in [3.8, 4) is 11.3 Å². The van der Waals surface area contributed by atoms with Crippen LogP contribution >= 0.6 is 0 Å². The van der Waals surface area contributed by atoms with Crippen molar-refractivity contribution < 1.29 is 14.7 Å². The minimum atomic E-state index is -0.250. The third kappa shape index (κ3) is 4.45. The smallest absolute Gasteiger partial charge is 0.290 e. The number of aromatic nitrogens is 3. The van der Waals surface area contributed by atoms with E-state index in [1.807, 2.05) is 32.4 Å². The molecule has 29 heavy (non-hydrogen) atoms. The molecule has 1 saturated carbocycles. The van der Waals surface area contributed by atoms with Gasteiger partial charge < -0.3 is 10.4 Å². The molecule has 4 rings (SSSR count). The van der Waals surface area contributed by atoms with Gasteiger partial charge in [0.25, 0.3) is 6.47 Å². The lowest BCUT2D eigenvalue weighted by Crippen LogP contribution is -2.20. The molecule has 2 aromatic heterocycles. The Hall–Kier alpha value is -3.22. The molecule has 7 nitrogen and oxygen atoms in total. The lowest BCUT2D eigenvalue weighted by molar-refractivity contribution is -0.123. The molecule has 0 unspecified atom stereocenters. The highest BCUT2D eigenvalue weighted by Gasteiger charge is 2.23. The minimum absolute atomic E-state index is 0.144. The number of nitrogens with one attached hydrogen (secondary N) is 1. The van der Waals surface area contributed by atoms with Crippen LogP contribution in [-0.4, -0.2) is 32.3 Å². The van der Waals surface area contributed by atoms with Crippen molar-refractivity contribution in [1.29, 1.82) is 0 Å². The molecule has 0 bridgehead atoms. The highest BCUT2D eigenvalue weighted by atomic mass is 16.3. The van der Waals surface area contributed by atoms with E-state index in [0.29, 0.717) is 0 Å². The van der Waals surface area contributed by atoms with Gasteiger partial charge in [0.2, 0.25) is 5.91 Å². The maximum Gasteiger partial charge on any atom is 0.290 e. The molecule has 152 valence electrons. The Morgan fingerprint density at radius 3 is 2.59 bits per heavy atom. The fourth-order valence-corrected chi connectivity index (χ4v) is 3.86. The number of hydrogen-bond donors (Lipinski definition) is 2. The number of fused-ring (bicyclic) bond motifs is 1. The summed E-state index contributed by atoms with van der Waals surface area (Å²) in [4.78, 5) is 25.8. The number of pyridine rings is 1. The standard InChI is InChI=1S/C21H24N4O.CH2O2/c1-13-10-19(16-11-22-25(3)12-16)23-20-14(2)18(9-8-17(13)20)24-21(26)15-6-4-5-7-15;2-1-3/h8-12,15H,4-7H2,1-3H3,(H,24,26);1H,(H,2,3). The number of benzene rings is 1. The van der Waals surface area contributed by atoms with Crippen molar-refractivity contribution in [2.75, 3.05) is 5.32 Å². The molecule has 7 heteroatoms. The highest BCUT2D eigenvalue weighted by Crippen LogP contribution is 2.31. The summed E-state index contributed by atoms with van der Waals surface area (Å²) in [5.74, 6) is 0.298. The molecule has 2 N–H and O–H groups in total. The molecule has 2 heterocycles. The maximum atomic E-state index is 12.5. The van der Waals surface area contributed by atoms with E-state index in [4.69, 9.17) is 14.9 Å². The van der Waals surface area contributed by atoms with Gasteiger partial charge in [-0.05, 0) is 49.9 Å². The molecule has 0 atom stereocenters. The quantitative estimate of drug-likeness (QED) is 0.653. The average Bonchev–Trinajstić information content (AvgIpc) is 3.37. The van der Waals surface area contributed by atoms with Crippen LogP contribution in [0.3, 0.4) is 0 Å². The molecule has 1 aliphatic rings. The lowest BCUT2D eigenvalue weighted by atomic mass is 10.0. The third-order valence-corrected chi connectivity index (χ3v) is 5.43. The highest BCUT2D eigenvalue weighted by molar-refractivity contribution is 5.98. The van der Waals surface area contributed by atoms with E-state index >= 15 is 0 Å². The lowest BCUT2D eigenvalue weighted by Gasteiger charge is -2.15. The van der Waals surface area contributed by atoms with E-state index in [2.05, 4.69) is 29.5 Å². The van der Waals surface area contributed by atoms with Gasteiger partial charge in [-0.1, -0.05) is 18.9 Å². The van der Waals surface area contributed by atoms with Crippen LogP contribution in [0.25, 0.3) is 22.2 Å². The molecule has 0 saturated heterocycles. The Bertz CT molecular complexity index is 1040. The first-order valence-electron chi connectivity index (χ1n) is 9.73. The summed E-state index contributed by atoms with van der Waals surface area (Å²) in [5.41, 5.74) is 5.90. The molecule has 1 fully saturated rings. The van der Waals surface area contributed by atoms with Crippen LogP contribution in [0.5, 0.6) is 0 Å². The van der Waals surface area contributed by atoms with E-state index in [-0.39, 0.29) is 18.3 Å². The summed E-state index contributed by atoms with van der Waals surface area (Å²) in [7, 11) is 1.90. The van der Waals surface area contributed by atoms with Gasteiger partial charge in [-0.15, -0.1) is 0 Å². The second kappa shape index (κ2) is 8.86. The first kappa shape index (κ1) is 20.5. The summed E-state index contributed by atoms with van der Waals surface area (Å²) in [6.07, 6.45) is 8.11. The molecule has 0 aliphatic heterocycles. The monoisotopic (exact) mass is 394 g/mol. The molecular weight excluding hydrogens is 368 g/mol. The average molecular weight is 394 g/mol. The first-order chi connectivity index (χ1) is 13.9. The van der Waals surface area contributed by atoms with Crippen molar-refractivity contribution >= 4 is 29.0 Å². The summed E-state index contributed by atoms with van der Waals surface area (Å²) in [5, 5.41) is 15.4. The van der Waals surface area contributed by atoms with Crippen LogP contribution in [-0.2, 0) is 16.6 Å². The Morgan fingerprint density at radius 2 is 1.97 bits per heavy atom. The largest absolute Gasteiger partial charge is 0.483 e. The predicted molar refractivity (Wildman–Crippen MR) is 113 cm³/mol. The van der Waals surface area contributed by atoms with Crippen molar-refractivity contribution in [1.82, 2.24) is 14.8 Å². The van der Waals surface area contributed by atoms with E-state index < -0.39 is 0 Å². The van der Waals surface area contributed by atoms with Gasteiger partial charge in [-0.25, -0.2) is 4.98 Å². The minimum Gasteiger partial charge on any atom is -0.483 e. The van der Waals surface area contributed by atoms with Crippen LogP contribution in [0.2, 0.25) is 0 Å². The zero-order chi connectivity index (χ0) is 21.0. The molecule has 3 aromatic rings. The molecular formula is C22H26N4O3. The fraction of sp³-hybridized carbons (Fsp3) is 0.364. The zero-order valence-electron chi connectivity index (χ0n) is 17.0. The molecule has 1 aliphatic carbocycles. The van der Waals surface area contributed by atoms with Crippen molar-refractivity contribution in [3.05, 3.63) is 41.7 Å². The van der Waals surface area contributed by atoms with E-state index in [1.54, 1.807) is 4.68 Å². The van der Waals surface area contributed by atoms with Crippen LogP contribution in [0.1, 0.15) is 36.8 Å². The van der Waals surface area contributed by atoms with Gasteiger partial charge in [0.1, 0.15) is 0 Å². The van der Waals surface area contributed by atoms with E-state index in [0.717, 1.165) is 59.1 Å². The summed E-state index contributed by atoms with van der Waals surface area (Å²) in [6, 6.07) is 6.15. The predicted octanol–water partition coefficient (Wildman–Crippen LogP) is 4.08. The van der Waals surface area contributed by atoms with Gasteiger partial charge in [-0.3, -0.25) is 14.3 Å². The first-order valence-corrected chi connectivity index (χ1v) is 9.73. The number of carbonyl (C=O) groups excluding carboxylic acids is 1. The fourth-order valence-electron chi connectivity index (χ4n) is 3.86. The van der Waals surface area contributed by atoms with E-state index in [1.165, 1.54) is 5.56 Å². The number of aryl methyl sites for hydroxylation is 3. The Balaban J connectivity index is 0.000000755. The topological polar surface area (TPSA) is 97.1 Å². The second-order valence-corrected chi connectivity index (χ2v) is 7.44.